The first-order valence-corrected chi connectivity index (χ1v) is 29.8. The summed E-state index contributed by atoms with van der Waals surface area (Å²) in [4.78, 5) is 9.52. The van der Waals surface area contributed by atoms with Gasteiger partial charge in [0.05, 0.1) is 6.20 Å². The van der Waals surface area contributed by atoms with Crippen molar-refractivity contribution in [1.29, 1.82) is 0 Å². The van der Waals surface area contributed by atoms with Crippen LogP contribution in [0.2, 0.25) is 0 Å². The number of nitrogens with zero attached hydrogens (tertiary/aromatic N) is 6. The average molecular weight is 1000 g/mol. The molecule has 6 nitrogen and oxygen atoms in total. The molecule has 8 fully saturated rings. The van der Waals surface area contributed by atoms with Crippen LogP contribution in [0.5, 0.6) is 0 Å². The molecule has 8 aliphatic rings. The number of aromatic nitrogens is 2. The molecule has 1 aromatic rings. The fourth-order valence-electron chi connectivity index (χ4n) is 11.0. The molecule has 0 bridgehead atoms. The van der Waals surface area contributed by atoms with E-state index in [-0.39, 0.29) is 22.3 Å². The molecule has 4 saturated carbocycles. The van der Waals surface area contributed by atoms with Gasteiger partial charge < -0.3 is 19.6 Å². The fraction of sp³-hybridized carbons (Fsp3) is 0.954. The second-order valence-electron chi connectivity index (χ2n) is 26.1. The summed E-state index contributed by atoms with van der Waals surface area (Å²) in [5, 5.41) is 3.93. The van der Waals surface area contributed by atoms with Gasteiger partial charge in [-0.2, -0.15) is 5.10 Å². The van der Waals surface area contributed by atoms with E-state index in [0.717, 1.165) is 71.0 Å². The van der Waals surface area contributed by atoms with Crippen molar-refractivity contribution in [3.05, 3.63) is 18.0 Å². The van der Waals surface area contributed by atoms with E-state index in [1.165, 1.54) is 193 Å². The van der Waals surface area contributed by atoms with Crippen molar-refractivity contribution in [1.82, 2.24) is 29.4 Å². The quantitative estimate of drug-likeness (QED) is 0.258. The molecule has 4 aliphatic carbocycles. The van der Waals surface area contributed by atoms with Crippen molar-refractivity contribution in [2.75, 3.05) is 80.5 Å². The number of hydrogen-bond donors (Lipinski definition) is 0. The Bertz CT molecular complexity index is 1030. The minimum absolute atomic E-state index is 0. The molecule has 4 aliphatic heterocycles. The normalized spacial score (nSPS) is 31.2. The first-order chi connectivity index (χ1) is 32.1. The molecular formula is C65H138N6. The van der Waals surface area contributed by atoms with Gasteiger partial charge in [-0.1, -0.05) is 208 Å². The standard InChI is InChI=1S/4C8H16.2C7H15N.C6H13N.C5H8N2.C5H11N.3CH4/c5*1-7-3-5-8(2)6-4-7;1-7-4-3-5-8(2)6-7;1-6-3-4-7(2)5-6;1-5-3-6-7(2)4-5;1-5-3-6(2)4-5;;;/h4*7-8H,3-6H2,1-2H3;2*7H,3-6H2,1-2H3;6H,3-5H2,1-2H3;3-4H,1-2H3;5H,3-4H2,1-2H3;3*1H4. The van der Waals surface area contributed by atoms with Crippen molar-refractivity contribution in [3.63, 3.8) is 0 Å². The molecule has 0 aromatic carbocycles. The predicted molar refractivity (Wildman–Crippen MR) is 325 cm³/mol. The van der Waals surface area contributed by atoms with Gasteiger partial charge in [0.1, 0.15) is 0 Å². The summed E-state index contributed by atoms with van der Waals surface area (Å²) < 4.78 is 1.79. The minimum atomic E-state index is 0. The SMILES string of the molecule is C.C.C.CC1CCC(C)CC1.CC1CCC(C)CC1.CC1CCC(C)CC1.CC1CCC(C)CC1.CC1CCCN(C)C1.CC1CCN(C)C1.CC1CCN(C)CC1.CC1CN(C)C1.Cc1cnn(C)c1. The Labute approximate surface area is 451 Å². The molecular weight excluding hydrogens is 865 g/mol. The van der Waals surface area contributed by atoms with E-state index in [0.29, 0.717) is 0 Å². The van der Waals surface area contributed by atoms with Crippen molar-refractivity contribution in [2.45, 2.75) is 247 Å². The summed E-state index contributed by atoms with van der Waals surface area (Å²) in [5.41, 5.74) is 1.21. The molecule has 5 heterocycles. The zero-order valence-electron chi connectivity index (χ0n) is 49.8. The van der Waals surface area contributed by atoms with Gasteiger partial charge in [0.25, 0.3) is 0 Å². The Hall–Kier alpha value is -0.950. The molecule has 0 radical (unpaired) electrons. The van der Waals surface area contributed by atoms with Crippen LogP contribution in [0.1, 0.15) is 246 Å². The second kappa shape index (κ2) is 44.2. The molecule has 428 valence electrons. The highest BCUT2D eigenvalue weighted by atomic mass is 15.2. The minimum Gasteiger partial charge on any atom is -0.306 e. The van der Waals surface area contributed by atoms with E-state index >= 15 is 0 Å². The smallest absolute Gasteiger partial charge is 0.0518 e. The summed E-state index contributed by atoms with van der Waals surface area (Å²) in [6.45, 7) is 40.7. The van der Waals surface area contributed by atoms with Gasteiger partial charge in [0.2, 0.25) is 0 Å². The van der Waals surface area contributed by atoms with Gasteiger partial charge in [-0.05, 0) is 170 Å². The zero-order valence-corrected chi connectivity index (χ0v) is 49.8. The van der Waals surface area contributed by atoms with Crippen LogP contribution >= 0.6 is 0 Å². The van der Waals surface area contributed by atoms with Crippen molar-refractivity contribution in [3.8, 4) is 0 Å². The van der Waals surface area contributed by atoms with E-state index in [1.807, 2.05) is 26.4 Å². The third-order valence-electron chi connectivity index (χ3n) is 16.8. The second-order valence-corrected chi connectivity index (χ2v) is 26.1. The molecule has 4 saturated heterocycles. The van der Waals surface area contributed by atoms with Crippen molar-refractivity contribution in [2.24, 2.45) is 78.1 Å². The summed E-state index contributed by atoms with van der Waals surface area (Å²) in [6, 6.07) is 0. The fourth-order valence-corrected chi connectivity index (χ4v) is 11.0. The van der Waals surface area contributed by atoms with Gasteiger partial charge in [0, 0.05) is 39.4 Å². The molecule has 0 spiro atoms. The molecule has 0 amide bonds. The first-order valence-electron chi connectivity index (χ1n) is 29.8. The molecule has 6 heteroatoms. The van der Waals surface area contributed by atoms with Gasteiger partial charge >= 0.3 is 0 Å². The van der Waals surface area contributed by atoms with Gasteiger partial charge in [0.15, 0.2) is 0 Å². The Morgan fingerprint density at radius 2 is 0.563 bits per heavy atom. The van der Waals surface area contributed by atoms with E-state index in [1.54, 1.807) is 4.68 Å². The van der Waals surface area contributed by atoms with Gasteiger partial charge in [-0.15, -0.1) is 0 Å². The third-order valence-corrected chi connectivity index (χ3v) is 16.8. The first kappa shape index (κ1) is 74.3. The van der Waals surface area contributed by atoms with Crippen LogP contribution in [0.25, 0.3) is 0 Å². The van der Waals surface area contributed by atoms with E-state index in [9.17, 15) is 0 Å². The molecule has 71 heavy (non-hydrogen) atoms. The molecule has 0 N–H and O–H groups in total. The topological polar surface area (TPSA) is 30.8 Å². The summed E-state index contributed by atoms with van der Waals surface area (Å²) >= 11 is 0. The van der Waals surface area contributed by atoms with Crippen LogP contribution in [0.15, 0.2) is 12.4 Å². The summed E-state index contributed by atoms with van der Waals surface area (Å²) in [7, 11) is 10.7. The molecule has 1 aromatic heterocycles. The maximum Gasteiger partial charge on any atom is 0.0518 e. The highest BCUT2D eigenvalue weighted by Gasteiger charge is 2.18. The van der Waals surface area contributed by atoms with Crippen molar-refractivity contribution >= 4 is 0 Å². The third kappa shape index (κ3) is 42.9. The monoisotopic (exact) mass is 1000 g/mol. The van der Waals surface area contributed by atoms with E-state index in [4.69, 9.17) is 0 Å². The zero-order chi connectivity index (χ0) is 51.0. The van der Waals surface area contributed by atoms with E-state index in [2.05, 4.69) is 136 Å². The van der Waals surface area contributed by atoms with Crippen LogP contribution in [0.3, 0.4) is 0 Å². The van der Waals surface area contributed by atoms with E-state index < -0.39 is 0 Å². The summed E-state index contributed by atoms with van der Waals surface area (Å²) in [5.74, 6) is 12.0. The Morgan fingerprint density at radius 1 is 0.310 bits per heavy atom. The average Bonchev–Trinajstić information content (AvgIpc) is 3.88. The van der Waals surface area contributed by atoms with Gasteiger partial charge in [-0.3, -0.25) is 4.68 Å². The number of aryl methyl sites for hydroxylation is 2. The highest BCUT2D eigenvalue weighted by Crippen LogP contribution is 2.29. The Morgan fingerprint density at radius 3 is 0.704 bits per heavy atom. The van der Waals surface area contributed by atoms with Crippen LogP contribution < -0.4 is 0 Å². The molecule has 2 unspecified atom stereocenters. The van der Waals surface area contributed by atoms with Gasteiger partial charge in [-0.25, -0.2) is 0 Å². The van der Waals surface area contributed by atoms with Crippen LogP contribution in [-0.4, -0.2) is 110 Å². The maximum atomic E-state index is 3.93. The largest absolute Gasteiger partial charge is 0.306 e. The van der Waals surface area contributed by atoms with Crippen molar-refractivity contribution < 1.29 is 0 Å². The number of rotatable bonds is 0. The lowest BCUT2D eigenvalue weighted by Crippen LogP contribution is -2.41. The maximum absolute atomic E-state index is 3.93. The lowest BCUT2D eigenvalue weighted by molar-refractivity contribution is 0.149. The predicted octanol–water partition coefficient (Wildman–Crippen LogP) is 18.2. The highest BCUT2D eigenvalue weighted by molar-refractivity contribution is 4.98. The summed E-state index contributed by atoms with van der Waals surface area (Å²) in [6.07, 6.45) is 34.4. The van der Waals surface area contributed by atoms with Crippen LogP contribution in [0.4, 0.5) is 0 Å². The lowest BCUT2D eigenvalue weighted by atomic mass is 9.84. The number of piperidine rings is 2. The number of likely N-dealkylation sites (tertiary alicyclic amines) is 4. The van der Waals surface area contributed by atoms with Crippen LogP contribution in [-0.2, 0) is 7.05 Å². The lowest BCUT2D eigenvalue weighted by Gasteiger charge is -2.33. The molecule has 2 atom stereocenters. The number of hydrogen-bond acceptors (Lipinski definition) is 5. The van der Waals surface area contributed by atoms with Crippen LogP contribution in [0, 0.1) is 77.9 Å². The molecule has 9 rings (SSSR count). The Balaban J connectivity index is -0.000000730. The Kier molecular flexibility index (Phi) is 46.3.